The minimum atomic E-state index is -0.531. The van der Waals surface area contributed by atoms with Crippen molar-refractivity contribution in [2.75, 3.05) is 10.6 Å². The van der Waals surface area contributed by atoms with E-state index in [0.29, 0.717) is 17.2 Å². The highest BCUT2D eigenvalue weighted by atomic mass is 35.5. The molecule has 0 saturated carbocycles. The number of hydrogen-bond acceptors (Lipinski definition) is 8. The topological polar surface area (TPSA) is 111 Å². The summed E-state index contributed by atoms with van der Waals surface area (Å²) in [7, 11) is 0. The Hall–Kier alpha value is -3.66. The zero-order valence-electron chi connectivity index (χ0n) is 20.4. The summed E-state index contributed by atoms with van der Waals surface area (Å²) in [5.74, 6) is -0.334. The minimum absolute atomic E-state index is 0.0499. The molecule has 11 heteroatoms. The number of aromatic nitrogens is 6. The Labute approximate surface area is 208 Å². The lowest BCUT2D eigenvalue weighted by atomic mass is 10.1. The molecule has 0 aromatic carbocycles. The first-order valence-electron chi connectivity index (χ1n) is 11.3. The van der Waals surface area contributed by atoms with Crippen molar-refractivity contribution in [3.05, 3.63) is 53.8 Å². The van der Waals surface area contributed by atoms with E-state index in [2.05, 4.69) is 44.6 Å². The number of rotatable bonds is 8. The molecule has 0 atom stereocenters. The summed E-state index contributed by atoms with van der Waals surface area (Å²) in [5.41, 5.74) is 4.44. The largest absolute Gasteiger partial charge is 0.459 e. The van der Waals surface area contributed by atoms with Crippen molar-refractivity contribution in [3.63, 3.8) is 0 Å². The molecule has 0 aliphatic heterocycles. The van der Waals surface area contributed by atoms with Crippen LogP contribution in [0.5, 0.6) is 0 Å². The van der Waals surface area contributed by atoms with E-state index in [9.17, 15) is 4.79 Å². The molecular weight excluding hydrogens is 468 g/mol. The predicted molar refractivity (Wildman–Crippen MR) is 135 cm³/mol. The number of carbonyl (C=O) groups excluding carboxylic acids is 1. The summed E-state index contributed by atoms with van der Waals surface area (Å²) in [5, 5.41) is 15.9. The molecule has 0 amide bonds. The lowest BCUT2D eigenvalue weighted by molar-refractivity contribution is -0.155. The molecule has 10 nitrogen and oxygen atoms in total. The first-order chi connectivity index (χ1) is 16.6. The van der Waals surface area contributed by atoms with Gasteiger partial charge in [-0.1, -0.05) is 11.6 Å². The van der Waals surface area contributed by atoms with Crippen molar-refractivity contribution in [1.29, 1.82) is 0 Å². The third-order valence-electron chi connectivity index (χ3n) is 4.86. The molecule has 184 valence electrons. The van der Waals surface area contributed by atoms with Crippen LogP contribution in [-0.2, 0) is 22.6 Å². The van der Waals surface area contributed by atoms with E-state index in [0.717, 1.165) is 28.2 Å². The third kappa shape index (κ3) is 6.27. The van der Waals surface area contributed by atoms with E-state index in [4.69, 9.17) is 16.3 Å². The molecule has 0 aliphatic carbocycles. The highest BCUT2D eigenvalue weighted by Crippen LogP contribution is 2.27. The summed E-state index contributed by atoms with van der Waals surface area (Å²) in [6, 6.07) is 2.22. The van der Waals surface area contributed by atoms with Crippen LogP contribution in [-0.4, -0.2) is 47.0 Å². The van der Waals surface area contributed by atoms with Crippen molar-refractivity contribution >= 4 is 34.6 Å². The normalized spacial score (nSPS) is 11.7. The zero-order chi connectivity index (χ0) is 25.2. The van der Waals surface area contributed by atoms with Crippen LogP contribution < -0.4 is 10.6 Å². The van der Waals surface area contributed by atoms with Crippen LogP contribution in [0.15, 0.2) is 43.2 Å². The van der Waals surface area contributed by atoms with Gasteiger partial charge in [0.25, 0.3) is 0 Å². The van der Waals surface area contributed by atoms with Crippen LogP contribution in [0.4, 0.5) is 11.4 Å². The van der Waals surface area contributed by atoms with Gasteiger partial charge in [0, 0.05) is 42.4 Å². The van der Waals surface area contributed by atoms with Crippen LogP contribution in [0.2, 0.25) is 5.02 Å². The maximum Gasteiger partial charge on any atom is 0.328 e. The van der Waals surface area contributed by atoms with Gasteiger partial charge in [0.2, 0.25) is 0 Å². The number of esters is 1. The summed E-state index contributed by atoms with van der Waals surface area (Å²) >= 11 is 6.03. The van der Waals surface area contributed by atoms with E-state index in [1.807, 2.05) is 33.0 Å². The lowest BCUT2D eigenvalue weighted by Crippen LogP contribution is -2.26. The SMILES string of the molecule is CC(C)Nc1cc(-c2cnn3cc(Cl)cnc23)ncc1CNc1cnn(CC(=O)OC(C)(C)C)c1. The molecule has 0 aliphatic rings. The fourth-order valence-electron chi connectivity index (χ4n) is 3.49. The minimum Gasteiger partial charge on any atom is -0.459 e. The van der Waals surface area contributed by atoms with Crippen LogP contribution in [0.3, 0.4) is 0 Å². The third-order valence-corrected chi connectivity index (χ3v) is 5.05. The number of pyridine rings is 1. The zero-order valence-corrected chi connectivity index (χ0v) is 21.2. The van der Waals surface area contributed by atoms with Crippen LogP contribution in [0, 0.1) is 0 Å². The van der Waals surface area contributed by atoms with Gasteiger partial charge in [-0.15, -0.1) is 0 Å². The van der Waals surface area contributed by atoms with Gasteiger partial charge in [-0.05, 0) is 40.7 Å². The summed E-state index contributed by atoms with van der Waals surface area (Å²) in [4.78, 5) is 21.1. The molecule has 2 N–H and O–H groups in total. The molecule has 4 aromatic heterocycles. The van der Waals surface area contributed by atoms with Gasteiger partial charge < -0.3 is 15.4 Å². The van der Waals surface area contributed by atoms with Crippen molar-refractivity contribution in [2.24, 2.45) is 0 Å². The molecule has 4 rings (SSSR count). The van der Waals surface area contributed by atoms with Crippen molar-refractivity contribution in [2.45, 2.75) is 59.4 Å². The molecule has 0 fully saturated rings. The molecule has 0 bridgehead atoms. The molecular formula is C24H29ClN8O2. The number of hydrogen-bond donors (Lipinski definition) is 2. The molecule has 0 spiro atoms. The van der Waals surface area contributed by atoms with Gasteiger partial charge in [-0.25, -0.2) is 9.50 Å². The monoisotopic (exact) mass is 496 g/mol. The maximum absolute atomic E-state index is 12.1. The van der Waals surface area contributed by atoms with Crippen molar-refractivity contribution in [1.82, 2.24) is 29.4 Å². The summed E-state index contributed by atoms with van der Waals surface area (Å²) in [6.45, 7) is 10.2. The van der Waals surface area contributed by atoms with Crippen LogP contribution >= 0.6 is 11.6 Å². The summed E-state index contributed by atoms with van der Waals surface area (Å²) in [6.07, 6.45) is 10.3. The molecule has 0 radical (unpaired) electrons. The Kier molecular flexibility index (Phi) is 6.93. The molecule has 0 unspecified atom stereocenters. The number of nitrogens with zero attached hydrogens (tertiary/aromatic N) is 6. The average Bonchev–Trinajstić information content (AvgIpc) is 3.37. The maximum atomic E-state index is 12.1. The fraction of sp³-hybridized carbons (Fsp3) is 0.375. The van der Waals surface area contributed by atoms with Gasteiger partial charge in [0.15, 0.2) is 5.65 Å². The van der Waals surface area contributed by atoms with E-state index in [-0.39, 0.29) is 18.6 Å². The average molecular weight is 497 g/mol. The van der Waals surface area contributed by atoms with Crippen LogP contribution in [0.25, 0.3) is 16.9 Å². The Bertz CT molecular complexity index is 1340. The number of carbonyl (C=O) groups is 1. The smallest absolute Gasteiger partial charge is 0.328 e. The van der Waals surface area contributed by atoms with Gasteiger partial charge >= 0.3 is 5.97 Å². The molecule has 4 heterocycles. The fourth-order valence-corrected chi connectivity index (χ4v) is 3.64. The quantitative estimate of drug-likeness (QED) is 0.345. The Morgan fingerprint density at radius 3 is 2.66 bits per heavy atom. The predicted octanol–water partition coefficient (Wildman–Crippen LogP) is 4.42. The number of anilines is 2. The second-order valence-corrected chi connectivity index (χ2v) is 9.93. The number of halogens is 1. The van der Waals surface area contributed by atoms with E-state index in [1.54, 1.807) is 40.2 Å². The van der Waals surface area contributed by atoms with E-state index in [1.165, 1.54) is 0 Å². The Morgan fingerprint density at radius 1 is 1.11 bits per heavy atom. The van der Waals surface area contributed by atoms with E-state index >= 15 is 0 Å². The van der Waals surface area contributed by atoms with Crippen molar-refractivity contribution in [3.8, 4) is 11.3 Å². The number of nitrogens with one attached hydrogen (secondary N) is 2. The van der Waals surface area contributed by atoms with E-state index < -0.39 is 5.60 Å². The first-order valence-corrected chi connectivity index (χ1v) is 11.7. The second-order valence-electron chi connectivity index (χ2n) is 9.49. The highest BCUT2D eigenvalue weighted by molar-refractivity contribution is 6.30. The van der Waals surface area contributed by atoms with Gasteiger partial charge in [-0.3, -0.25) is 14.5 Å². The standard InChI is InChI=1S/C24H29ClN8O2/c1-15(2)31-20-6-21(19-11-30-33-12-17(25)9-28-23(19)33)27-8-16(20)7-26-18-10-29-32(13-18)14-22(34)35-24(3,4)5/h6,8-13,15,26H,7,14H2,1-5H3,(H,27,31). The molecule has 35 heavy (non-hydrogen) atoms. The molecule has 4 aromatic rings. The Balaban J connectivity index is 1.50. The number of ether oxygens (including phenoxy) is 1. The van der Waals surface area contributed by atoms with Crippen LogP contribution in [0.1, 0.15) is 40.2 Å². The van der Waals surface area contributed by atoms with Gasteiger partial charge in [-0.2, -0.15) is 10.2 Å². The van der Waals surface area contributed by atoms with Gasteiger partial charge in [0.05, 0.1) is 40.6 Å². The first kappa shape index (κ1) is 24.5. The van der Waals surface area contributed by atoms with Crippen molar-refractivity contribution < 1.29 is 9.53 Å². The highest BCUT2D eigenvalue weighted by Gasteiger charge is 2.17. The summed E-state index contributed by atoms with van der Waals surface area (Å²) < 4.78 is 8.54. The Morgan fingerprint density at radius 2 is 1.91 bits per heavy atom. The lowest BCUT2D eigenvalue weighted by Gasteiger charge is -2.19. The second kappa shape index (κ2) is 9.91. The number of fused-ring (bicyclic) bond motifs is 1. The molecule has 0 saturated heterocycles. The van der Waals surface area contributed by atoms with Gasteiger partial charge in [0.1, 0.15) is 12.1 Å².